The molecule has 0 heterocycles. The average Bonchev–Trinajstić information content (AvgIpc) is 2.27. The molecule has 0 saturated heterocycles. The summed E-state index contributed by atoms with van der Waals surface area (Å²) >= 11 is 0. The smallest absolute Gasteiger partial charge is 0.377 e. The lowest BCUT2D eigenvalue weighted by Gasteiger charge is -2.11. The monoisotopic (exact) mass is 242 g/mol. The third kappa shape index (κ3) is 2.79. The van der Waals surface area contributed by atoms with E-state index in [0.29, 0.717) is 0 Å². The lowest BCUT2D eigenvalue weighted by Crippen LogP contribution is -2.17. The first kappa shape index (κ1) is 13.1. The number of hydrogen-bond donors (Lipinski definition) is 1. The van der Waals surface area contributed by atoms with Crippen molar-refractivity contribution in [2.45, 2.75) is 6.61 Å². The summed E-state index contributed by atoms with van der Waals surface area (Å²) in [6.07, 6.45) is 0. The summed E-state index contributed by atoms with van der Waals surface area (Å²) in [6.45, 7) is -0.0809. The topological polar surface area (TPSA) is 72.8 Å². The number of methoxy groups -OCH3 is 2. The van der Waals surface area contributed by atoms with Crippen LogP contribution in [0.25, 0.3) is 0 Å². The highest BCUT2D eigenvalue weighted by molar-refractivity contribution is 6.40. The molecule has 0 bridgehead atoms. The lowest BCUT2D eigenvalue weighted by molar-refractivity contribution is -0.131. The van der Waals surface area contributed by atoms with Crippen molar-refractivity contribution in [3.8, 4) is 5.75 Å². The second-order valence-electron chi connectivity index (χ2n) is 3.21. The van der Waals surface area contributed by atoms with Crippen molar-refractivity contribution >= 4 is 11.8 Å². The molecule has 0 amide bonds. The number of carboxylic acid groups (broad SMARTS) is 1. The van der Waals surface area contributed by atoms with Crippen LogP contribution in [0.5, 0.6) is 5.75 Å². The number of carbonyl (C=O) groups is 2. The van der Waals surface area contributed by atoms with E-state index < -0.39 is 17.6 Å². The summed E-state index contributed by atoms with van der Waals surface area (Å²) in [7, 11) is 2.58. The summed E-state index contributed by atoms with van der Waals surface area (Å²) in [5, 5.41) is 8.68. The molecule has 0 aliphatic heterocycles. The number of carbonyl (C=O) groups excluding carboxylic acids is 1. The molecule has 0 spiro atoms. The van der Waals surface area contributed by atoms with Crippen LogP contribution in [0.2, 0.25) is 0 Å². The number of aliphatic carboxylic acids is 1. The molecule has 0 atom stereocenters. The van der Waals surface area contributed by atoms with Gasteiger partial charge >= 0.3 is 5.97 Å². The quantitative estimate of drug-likeness (QED) is 0.621. The maximum atomic E-state index is 13.2. The summed E-state index contributed by atoms with van der Waals surface area (Å²) < 4.78 is 22.8. The number of hydrogen-bond acceptors (Lipinski definition) is 4. The molecule has 1 aromatic carbocycles. The van der Waals surface area contributed by atoms with E-state index >= 15 is 0 Å². The van der Waals surface area contributed by atoms with Crippen molar-refractivity contribution in [2.24, 2.45) is 0 Å². The molecule has 5 nitrogen and oxygen atoms in total. The van der Waals surface area contributed by atoms with Gasteiger partial charge in [-0.2, -0.15) is 0 Å². The van der Waals surface area contributed by atoms with Crippen LogP contribution in [0.15, 0.2) is 12.1 Å². The Morgan fingerprint density at radius 1 is 1.35 bits per heavy atom. The Balaban J connectivity index is 3.41. The molecule has 1 rings (SSSR count). The van der Waals surface area contributed by atoms with Gasteiger partial charge in [0, 0.05) is 13.2 Å². The van der Waals surface area contributed by atoms with E-state index in [1.807, 2.05) is 0 Å². The second kappa shape index (κ2) is 5.40. The standard InChI is InChI=1S/C11H11FO5/c1-16-5-6-3-7(12)4-8(17-2)9(6)10(13)11(14)15/h3-4H,5H2,1-2H3,(H,14,15). The van der Waals surface area contributed by atoms with Gasteiger partial charge < -0.3 is 14.6 Å². The lowest BCUT2D eigenvalue weighted by atomic mass is 10.0. The normalized spacial score (nSPS) is 10.1. The molecule has 0 aliphatic carbocycles. The number of carboxylic acids is 1. The number of halogens is 1. The van der Waals surface area contributed by atoms with Gasteiger partial charge in [-0.25, -0.2) is 9.18 Å². The van der Waals surface area contributed by atoms with E-state index in [4.69, 9.17) is 14.6 Å². The molecule has 17 heavy (non-hydrogen) atoms. The summed E-state index contributed by atoms with van der Waals surface area (Å²) in [4.78, 5) is 22.1. The predicted octanol–water partition coefficient (Wildman–Crippen LogP) is 1.25. The first-order chi connectivity index (χ1) is 8.01. The van der Waals surface area contributed by atoms with Crippen LogP contribution in [0.1, 0.15) is 15.9 Å². The van der Waals surface area contributed by atoms with Crippen LogP contribution in [-0.2, 0) is 16.1 Å². The molecule has 0 unspecified atom stereocenters. The predicted molar refractivity (Wildman–Crippen MR) is 55.6 cm³/mol. The van der Waals surface area contributed by atoms with E-state index in [9.17, 15) is 14.0 Å². The maximum absolute atomic E-state index is 13.2. The van der Waals surface area contributed by atoms with Crippen molar-refractivity contribution in [2.75, 3.05) is 14.2 Å². The zero-order valence-corrected chi connectivity index (χ0v) is 9.32. The van der Waals surface area contributed by atoms with Crippen molar-refractivity contribution in [3.05, 3.63) is 29.1 Å². The zero-order chi connectivity index (χ0) is 13.0. The number of rotatable bonds is 5. The number of ether oxygens (including phenoxy) is 2. The van der Waals surface area contributed by atoms with Crippen LogP contribution < -0.4 is 4.74 Å². The van der Waals surface area contributed by atoms with Gasteiger partial charge in [-0.05, 0) is 11.6 Å². The molecular formula is C11H11FO5. The van der Waals surface area contributed by atoms with Crippen LogP contribution in [0, 0.1) is 5.82 Å². The van der Waals surface area contributed by atoms with Gasteiger partial charge in [0.05, 0.1) is 19.3 Å². The largest absolute Gasteiger partial charge is 0.496 e. The van der Waals surface area contributed by atoms with Gasteiger partial charge in [-0.3, -0.25) is 4.79 Å². The SMILES string of the molecule is COCc1cc(F)cc(OC)c1C(=O)C(=O)O. The van der Waals surface area contributed by atoms with E-state index in [2.05, 4.69) is 0 Å². The van der Waals surface area contributed by atoms with E-state index in [-0.39, 0.29) is 23.5 Å². The third-order valence-corrected chi connectivity index (χ3v) is 2.09. The molecule has 0 fully saturated rings. The minimum absolute atomic E-state index is 0.0809. The van der Waals surface area contributed by atoms with Crippen LogP contribution in [0.4, 0.5) is 4.39 Å². The summed E-state index contributed by atoms with van der Waals surface area (Å²) in [6, 6.07) is 2.00. The highest BCUT2D eigenvalue weighted by Crippen LogP contribution is 2.25. The third-order valence-electron chi connectivity index (χ3n) is 2.09. The van der Waals surface area contributed by atoms with E-state index in [1.54, 1.807) is 0 Å². The number of ketones is 1. The van der Waals surface area contributed by atoms with Gasteiger partial charge in [0.25, 0.3) is 5.78 Å². The van der Waals surface area contributed by atoms with Gasteiger partial charge in [-0.15, -0.1) is 0 Å². The summed E-state index contributed by atoms with van der Waals surface area (Å²) in [5.74, 6) is -3.54. The Hall–Kier alpha value is -1.95. The fourth-order valence-electron chi connectivity index (χ4n) is 1.43. The fraction of sp³-hybridized carbons (Fsp3) is 0.273. The first-order valence-corrected chi connectivity index (χ1v) is 4.64. The van der Waals surface area contributed by atoms with Crippen molar-refractivity contribution in [3.63, 3.8) is 0 Å². The molecule has 1 aromatic rings. The second-order valence-corrected chi connectivity index (χ2v) is 3.21. The Morgan fingerprint density at radius 3 is 2.47 bits per heavy atom. The highest BCUT2D eigenvalue weighted by atomic mass is 19.1. The van der Waals surface area contributed by atoms with Crippen LogP contribution >= 0.6 is 0 Å². The molecule has 0 radical (unpaired) electrons. The number of Topliss-reactive ketones (excluding diaryl/α,β-unsaturated/α-hetero) is 1. The fourth-order valence-corrected chi connectivity index (χ4v) is 1.43. The Morgan fingerprint density at radius 2 is 2.00 bits per heavy atom. The Labute approximate surface area is 96.8 Å². The first-order valence-electron chi connectivity index (χ1n) is 4.64. The van der Waals surface area contributed by atoms with Crippen LogP contribution in [0.3, 0.4) is 0 Å². The molecular weight excluding hydrogens is 231 g/mol. The van der Waals surface area contributed by atoms with Crippen molar-refractivity contribution in [1.29, 1.82) is 0 Å². The molecule has 0 saturated carbocycles. The minimum atomic E-state index is -1.63. The Bertz CT molecular complexity index is 455. The molecule has 0 aliphatic rings. The Kier molecular flexibility index (Phi) is 4.17. The zero-order valence-electron chi connectivity index (χ0n) is 9.32. The van der Waals surface area contributed by atoms with Crippen molar-refractivity contribution < 1.29 is 28.6 Å². The van der Waals surface area contributed by atoms with Gasteiger partial charge in [0.1, 0.15) is 11.6 Å². The molecule has 1 N–H and O–H groups in total. The minimum Gasteiger partial charge on any atom is -0.496 e. The van der Waals surface area contributed by atoms with Gasteiger partial charge in [-0.1, -0.05) is 0 Å². The molecule has 92 valence electrons. The number of benzene rings is 1. The van der Waals surface area contributed by atoms with E-state index in [1.165, 1.54) is 14.2 Å². The molecule has 6 heteroatoms. The van der Waals surface area contributed by atoms with Crippen LogP contribution in [-0.4, -0.2) is 31.1 Å². The molecule has 0 aromatic heterocycles. The average molecular weight is 242 g/mol. The maximum Gasteiger partial charge on any atom is 0.377 e. The van der Waals surface area contributed by atoms with Crippen molar-refractivity contribution in [1.82, 2.24) is 0 Å². The summed E-state index contributed by atoms with van der Waals surface area (Å²) in [5.41, 5.74) is -0.0556. The van der Waals surface area contributed by atoms with Gasteiger partial charge in [0.15, 0.2) is 0 Å². The highest BCUT2D eigenvalue weighted by Gasteiger charge is 2.24. The van der Waals surface area contributed by atoms with E-state index in [0.717, 1.165) is 12.1 Å². The van der Waals surface area contributed by atoms with Gasteiger partial charge in [0.2, 0.25) is 0 Å².